The van der Waals surface area contributed by atoms with Crippen molar-refractivity contribution in [3.05, 3.63) is 24.0 Å². The highest BCUT2D eigenvalue weighted by Crippen LogP contribution is 2.33. The van der Waals surface area contributed by atoms with E-state index in [4.69, 9.17) is 14.6 Å². The van der Waals surface area contributed by atoms with Crippen LogP contribution in [-0.4, -0.2) is 44.1 Å². The van der Waals surface area contributed by atoms with Crippen molar-refractivity contribution in [2.75, 3.05) is 37.8 Å². The van der Waals surface area contributed by atoms with Crippen LogP contribution in [0.2, 0.25) is 0 Å². The van der Waals surface area contributed by atoms with Crippen LogP contribution in [0.5, 0.6) is 5.75 Å². The van der Waals surface area contributed by atoms with Gasteiger partial charge in [0.05, 0.1) is 32.1 Å². The van der Waals surface area contributed by atoms with Crippen LogP contribution in [0, 0.1) is 5.82 Å². The maximum Gasteiger partial charge on any atom is 0.146 e. The zero-order valence-electron chi connectivity index (χ0n) is 10.4. The lowest BCUT2D eigenvalue weighted by atomic mass is 10.2. The topological polar surface area (TPSA) is 41.9 Å². The van der Waals surface area contributed by atoms with E-state index in [9.17, 15) is 4.39 Å². The Morgan fingerprint density at radius 1 is 1.50 bits per heavy atom. The van der Waals surface area contributed by atoms with Crippen molar-refractivity contribution in [1.82, 2.24) is 0 Å². The Morgan fingerprint density at radius 2 is 2.33 bits per heavy atom. The molecule has 2 rings (SSSR count). The molecule has 1 aliphatic heterocycles. The lowest BCUT2D eigenvalue weighted by molar-refractivity contribution is 0.0947. The summed E-state index contributed by atoms with van der Waals surface area (Å²) >= 11 is 0. The third-order valence-corrected chi connectivity index (χ3v) is 2.81. The van der Waals surface area contributed by atoms with Crippen molar-refractivity contribution in [2.45, 2.75) is 13.0 Å². The van der Waals surface area contributed by atoms with Crippen LogP contribution in [0.1, 0.15) is 6.92 Å². The average Bonchev–Trinajstić information content (AvgIpc) is 2.33. The fourth-order valence-corrected chi connectivity index (χ4v) is 2.06. The molecule has 18 heavy (non-hydrogen) atoms. The Bertz CT molecular complexity index is 400. The standard InChI is InChI=1S/C13H18FNO3/c1-10-9-15(4-6-17-7-5-16)12-3-2-11(14)8-13(12)18-10/h2-3,8,10,16H,4-7,9H2,1H3. The van der Waals surface area contributed by atoms with E-state index in [1.54, 1.807) is 6.07 Å². The molecule has 0 aromatic heterocycles. The molecule has 1 atom stereocenters. The van der Waals surface area contributed by atoms with Crippen molar-refractivity contribution in [3.63, 3.8) is 0 Å². The highest BCUT2D eigenvalue weighted by atomic mass is 19.1. The van der Waals surface area contributed by atoms with Crippen molar-refractivity contribution in [3.8, 4) is 5.75 Å². The van der Waals surface area contributed by atoms with Gasteiger partial charge in [-0.1, -0.05) is 0 Å². The Hall–Kier alpha value is -1.33. The van der Waals surface area contributed by atoms with Crippen LogP contribution in [-0.2, 0) is 4.74 Å². The summed E-state index contributed by atoms with van der Waals surface area (Å²) < 4.78 is 24.0. The van der Waals surface area contributed by atoms with Gasteiger partial charge in [-0.25, -0.2) is 4.39 Å². The van der Waals surface area contributed by atoms with E-state index in [1.165, 1.54) is 12.1 Å². The van der Waals surface area contributed by atoms with E-state index in [-0.39, 0.29) is 18.5 Å². The lowest BCUT2D eigenvalue weighted by Crippen LogP contribution is -2.40. The summed E-state index contributed by atoms with van der Waals surface area (Å²) in [5.74, 6) is 0.287. The lowest BCUT2D eigenvalue weighted by Gasteiger charge is -2.34. The van der Waals surface area contributed by atoms with E-state index < -0.39 is 0 Å². The minimum atomic E-state index is -0.292. The van der Waals surface area contributed by atoms with Gasteiger partial charge in [0.25, 0.3) is 0 Å². The molecule has 4 nitrogen and oxygen atoms in total. The van der Waals surface area contributed by atoms with Crippen molar-refractivity contribution in [1.29, 1.82) is 0 Å². The largest absolute Gasteiger partial charge is 0.487 e. The van der Waals surface area contributed by atoms with Gasteiger partial charge in [0.1, 0.15) is 17.7 Å². The predicted molar refractivity (Wildman–Crippen MR) is 66.6 cm³/mol. The number of anilines is 1. The highest BCUT2D eigenvalue weighted by Gasteiger charge is 2.22. The van der Waals surface area contributed by atoms with Gasteiger partial charge in [0.2, 0.25) is 0 Å². The number of fused-ring (bicyclic) bond motifs is 1. The zero-order valence-corrected chi connectivity index (χ0v) is 10.4. The third-order valence-electron chi connectivity index (χ3n) is 2.81. The molecule has 5 heteroatoms. The molecule has 100 valence electrons. The molecular weight excluding hydrogens is 237 g/mol. The molecule has 0 radical (unpaired) electrons. The number of benzene rings is 1. The first-order valence-electron chi connectivity index (χ1n) is 6.10. The molecule has 0 bridgehead atoms. The van der Waals surface area contributed by atoms with E-state index in [0.29, 0.717) is 25.5 Å². The monoisotopic (exact) mass is 255 g/mol. The molecule has 0 saturated heterocycles. The predicted octanol–water partition coefficient (Wildman–Crippen LogP) is 1.42. The first-order chi connectivity index (χ1) is 8.70. The van der Waals surface area contributed by atoms with Crippen LogP contribution in [0.4, 0.5) is 10.1 Å². The van der Waals surface area contributed by atoms with Crippen LogP contribution in [0.25, 0.3) is 0 Å². The number of halogens is 1. The molecular formula is C13H18FNO3. The van der Waals surface area contributed by atoms with Crippen molar-refractivity contribution in [2.24, 2.45) is 0 Å². The number of aliphatic hydroxyl groups excluding tert-OH is 1. The smallest absolute Gasteiger partial charge is 0.146 e. The summed E-state index contributed by atoms with van der Waals surface area (Å²) in [5.41, 5.74) is 0.891. The van der Waals surface area contributed by atoms with Gasteiger partial charge < -0.3 is 19.5 Å². The molecule has 0 aliphatic carbocycles. The molecule has 1 aromatic rings. The summed E-state index contributed by atoms with van der Waals surface area (Å²) in [4.78, 5) is 2.11. The third kappa shape index (κ3) is 3.11. The number of hydrogen-bond acceptors (Lipinski definition) is 4. The molecule has 0 spiro atoms. The van der Waals surface area contributed by atoms with Gasteiger partial charge in [-0.15, -0.1) is 0 Å². The van der Waals surface area contributed by atoms with Crippen molar-refractivity contribution < 1.29 is 19.0 Å². The number of ether oxygens (including phenoxy) is 2. The van der Waals surface area contributed by atoms with Gasteiger partial charge in [0.15, 0.2) is 0 Å². The molecule has 0 amide bonds. The second kappa shape index (κ2) is 6.02. The summed E-state index contributed by atoms with van der Waals surface area (Å²) in [6.07, 6.45) is 0.0251. The second-order valence-corrected chi connectivity index (χ2v) is 4.32. The van der Waals surface area contributed by atoms with E-state index in [1.807, 2.05) is 6.92 Å². The summed E-state index contributed by atoms with van der Waals surface area (Å²) in [7, 11) is 0. The molecule has 1 unspecified atom stereocenters. The number of nitrogens with zero attached hydrogens (tertiary/aromatic N) is 1. The molecule has 1 aliphatic rings. The van der Waals surface area contributed by atoms with E-state index in [2.05, 4.69) is 4.90 Å². The van der Waals surface area contributed by atoms with Gasteiger partial charge in [-0.2, -0.15) is 0 Å². The fraction of sp³-hybridized carbons (Fsp3) is 0.538. The Kier molecular flexibility index (Phi) is 4.38. The van der Waals surface area contributed by atoms with Gasteiger partial charge in [0, 0.05) is 12.6 Å². The highest BCUT2D eigenvalue weighted by molar-refractivity contribution is 5.60. The van der Waals surface area contributed by atoms with Gasteiger partial charge in [-0.05, 0) is 19.1 Å². The summed E-state index contributed by atoms with van der Waals surface area (Å²) in [6.45, 7) is 4.31. The molecule has 0 saturated carbocycles. The normalized spacial score (nSPS) is 18.4. The summed E-state index contributed by atoms with van der Waals surface area (Å²) in [6, 6.07) is 4.56. The Morgan fingerprint density at radius 3 is 3.11 bits per heavy atom. The minimum absolute atomic E-state index is 0.0251. The molecule has 1 aromatic carbocycles. The van der Waals surface area contributed by atoms with Crippen LogP contribution < -0.4 is 9.64 Å². The average molecular weight is 255 g/mol. The number of aliphatic hydroxyl groups is 1. The quantitative estimate of drug-likeness (QED) is 0.808. The van der Waals surface area contributed by atoms with E-state index in [0.717, 1.165) is 12.2 Å². The molecule has 1 heterocycles. The van der Waals surface area contributed by atoms with E-state index >= 15 is 0 Å². The maximum atomic E-state index is 13.2. The number of hydrogen-bond donors (Lipinski definition) is 1. The first-order valence-corrected chi connectivity index (χ1v) is 6.10. The van der Waals surface area contributed by atoms with Crippen LogP contribution in [0.3, 0.4) is 0 Å². The van der Waals surface area contributed by atoms with Crippen LogP contribution >= 0.6 is 0 Å². The Labute approximate surface area is 106 Å². The van der Waals surface area contributed by atoms with Gasteiger partial charge in [-0.3, -0.25) is 0 Å². The number of rotatable bonds is 5. The zero-order chi connectivity index (χ0) is 13.0. The minimum Gasteiger partial charge on any atom is -0.487 e. The first kappa shape index (κ1) is 13.1. The van der Waals surface area contributed by atoms with Gasteiger partial charge >= 0.3 is 0 Å². The van der Waals surface area contributed by atoms with Crippen LogP contribution in [0.15, 0.2) is 18.2 Å². The van der Waals surface area contributed by atoms with Crippen molar-refractivity contribution >= 4 is 5.69 Å². The second-order valence-electron chi connectivity index (χ2n) is 4.32. The maximum absolute atomic E-state index is 13.2. The Balaban J connectivity index is 2.03. The summed E-state index contributed by atoms with van der Waals surface area (Å²) in [5, 5.41) is 8.63. The fourth-order valence-electron chi connectivity index (χ4n) is 2.06. The molecule has 1 N–H and O–H groups in total. The SMILES string of the molecule is CC1CN(CCOCCO)c2ccc(F)cc2O1. The molecule has 0 fully saturated rings.